The van der Waals surface area contributed by atoms with E-state index in [9.17, 15) is 8.42 Å². The topological polar surface area (TPSA) is 90.1 Å². The highest BCUT2D eigenvalue weighted by molar-refractivity contribution is 7.92. The second kappa shape index (κ2) is 5.89. The van der Waals surface area contributed by atoms with E-state index in [4.69, 9.17) is 23.4 Å². The summed E-state index contributed by atoms with van der Waals surface area (Å²) in [5.74, 6) is 0. The molecule has 0 fully saturated rings. The number of hydrogen-bond donors (Lipinski definition) is 2. The first-order valence-corrected chi connectivity index (χ1v) is 8.52. The maximum absolute atomic E-state index is 12.5. The lowest BCUT2D eigenvalue weighted by Gasteiger charge is -2.10. The largest absolute Gasteiger partial charge is 0.360 e. The molecule has 6 nitrogen and oxygen atoms in total. The molecule has 0 aliphatic rings. The zero-order chi connectivity index (χ0) is 17.3. The van der Waals surface area contributed by atoms with E-state index in [2.05, 4.69) is 14.6 Å². The van der Waals surface area contributed by atoms with Crippen LogP contribution in [0.15, 0.2) is 47.5 Å². The van der Waals surface area contributed by atoms with Gasteiger partial charge >= 0.3 is 0 Å². The summed E-state index contributed by atoms with van der Waals surface area (Å²) in [6, 6.07) is 10.8. The van der Waals surface area contributed by atoms with Crippen LogP contribution >= 0.6 is 11.6 Å². The highest BCUT2D eigenvalue weighted by Gasteiger charge is 2.17. The molecule has 8 heteroatoms. The zero-order valence-electron chi connectivity index (χ0n) is 12.0. The summed E-state index contributed by atoms with van der Waals surface area (Å²) >= 11 is 6.14. The van der Waals surface area contributed by atoms with Crippen molar-refractivity contribution in [1.82, 2.24) is 4.98 Å². The number of hydrogen-bond acceptors (Lipinski definition) is 3. The van der Waals surface area contributed by atoms with Crippen LogP contribution in [0, 0.1) is 17.9 Å². The Bertz CT molecular complexity index is 1140. The Morgan fingerprint density at radius 3 is 2.79 bits per heavy atom. The van der Waals surface area contributed by atoms with Crippen LogP contribution in [0.5, 0.6) is 0 Å². The molecular formula is C16H9ClN4O2S. The number of anilines is 1. The normalized spacial score (nSPS) is 11.0. The molecule has 0 saturated carbocycles. The SMILES string of the molecule is [C-]#[N+]c1cccc(S(=O)(=O)Nc2cc3[nH]cc(C#N)c3cc2Cl)c1. The summed E-state index contributed by atoms with van der Waals surface area (Å²) in [4.78, 5) is 6.08. The van der Waals surface area contributed by atoms with Gasteiger partial charge in [0.15, 0.2) is 5.69 Å². The molecule has 0 atom stereocenters. The van der Waals surface area contributed by atoms with Gasteiger partial charge in [-0.3, -0.25) is 4.72 Å². The highest BCUT2D eigenvalue weighted by atomic mass is 35.5. The fourth-order valence-corrected chi connectivity index (χ4v) is 3.61. The van der Waals surface area contributed by atoms with E-state index in [1.54, 1.807) is 0 Å². The Labute approximate surface area is 143 Å². The average Bonchev–Trinajstić information content (AvgIpc) is 2.96. The van der Waals surface area contributed by atoms with Crippen molar-refractivity contribution >= 4 is 43.9 Å². The van der Waals surface area contributed by atoms with Crippen molar-refractivity contribution in [2.24, 2.45) is 0 Å². The molecule has 0 unspecified atom stereocenters. The lowest BCUT2D eigenvalue weighted by atomic mass is 10.2. The second-order valence-electron chi connectivity index (χ2n) is 4.91. The fourth-order valence-electron chi connectivity index (χ4n) is 2.24. The van der Waals surface area contributed by atoms with E-state index in [1.165, 1.54) is 42.6 Å². The molecule has 3 aromatic rings. The third-order valence-corrected chi connectivity index (χ3v) is 5.07. The van der Waals surface area contributed by atoms with Crippen molar-refractivity contribution in [3.63, 3.8) is 0 Å². The van der Waals surface area contributed by atoms with Gasteiger partial charge in [-0.25, -0.2) is 13.3 Å². The molecule has 0 bridgehead atoms. The lowest BCUT2D eigenvalue weighted by Crippen LogP contribution is -2.13. The number of H-pyrrole nitrogens is 1. The van der Waals surface area contributed by atoms with Gasteiger partial charge in [0.1, 0.15) is 6.07 Å². The molecule has 0 aliphatic carbocycles. The van der Waals surface area contributed by atoms with E-state index < -0.39 is 10.0 Å². The summed E-state index contributed by atoms with van der Waals surface area (Å²) in [5.41, 5.74) is 1.42. The Balaban J connectivity index is 2.04. The zero-order valence-corrected chi connectivity index (χ0v) is 13.6. The standard InChI is InChI=1S/C16H9ClN4O2S/c1-19-11-3-2-4-12(5-11)24(22,23)21-16-7-15-13(6-14(16)17)10(8-18)9-20-15/h2-7,9,20-21H. The Morgan fingerprint density at radius 1 is 1.29 bits per heavy atom. The minimum Gasteiger partial charge on any atom is -0.360 e. The fraction of sp³-hybridized carbons (Fsp3) is 0. The average molecular weight is 357 g/mol. The summed E-state index contributed by atoms with van der Waals surface area (Å²) in [5, 5.41) is 9.80. The minimum atomic E-state index is -3.89. The number of nitriles is 1. The molecular weight excluding hydrogens is 348 g/mol. The molecule has 0 aliphatic heterocycles. The smallest absolute Gasteiger partial charge is 0.260 e. The first kappa shape index (κ1) is 15.9. The number of rotatable bonds is 3. The summed E-state index contributed by atoms with van der Waals surface area (Å²) in [6.07, 6.45) is 1.53. The van der Waals surface area contributed by atoms with Gasteiger partial charge in [0.05, 0.1) is 27.7 Å². The van der Waals surface area contributed by atoms with Gasteiger partial charge in [-0.05, 0) is 24.3 Å². The van der Waals surface area contributed by atoms with E-state index in [0.717, 1.165) is 0 Å². The predicted molar refractivity (Wildman–Crippen MR) is 91.5 cm³/mol. The first-order valence-electron chi connectivity index (χ1n) is 6.65. The van der Waals surface area contributed by atoms with Crippen molar-refractivity contribution in [2.75, 3.05) is 4.72 Å². The van der Waals surface area contributed by atoms with Crippen LogP contribution in [0.4, 0.5) is 11.4 Å². The number of aromatic amines is 1. The van der Waals surface area contributed by atoms with Crippen molar-refractivity contribution in [2.45, 2.75) is 4.90 Å². The van der Waals surface area contributed by atoms with Gasteiger partial charge in [0, 0.05) is 17.1 Å². The number of aromatic nitrogens is 1. The Hall–Kier alpha value is -3.00. The summed E-state index contributed by atoms with van der Waals surface area (Å²) < 4.78 is 27.4. The molecule has 24 heavy (non-hydrogen) atoms. The first-order chi connectivity index (χ1) is 11.4. The van der Waals surface area contributed by atoms with Gasteiger partial charge in [-0.15, -0.1) is 0 Å². The van der Waals surface area contributed by atoms with E-state index in [1.807, 2.05) is 6.07 Å². The Kier molecular flexibility index (Phi) is 3.90. The van der Waals surface area contributed by atoms with Gasteiger partial charge in [-0.1, -0.05) is 23.7 Å². The number of halogens is 1. The molecule has 0 saturated heterocycles. The molecule has 2 N–H and O–H groups in total. The van der Waals surface area contributed by atoms with Crippen LogP contribution in [0.25, 0.3) is 15.7 Å². The van der Waals surface area contributed by atoms with Gasteiger partial charge in [0.2, 0.25) is 0 Å². The quantitative estimate of drug-likeness (QED) is 0.694. The summed E-state index contributed by atoms with van der Waals surface area (Å²) in [6.45, 7) is 6.97. The number of fused-ring (bicyclic) bond motifs is 1. The van der Waals surface area contributed by atoms with Crippen LogP contribution in [-0.4, -0.2) is 13.4 Å². The number of nitrogens with one attached hydrogen (secondary N) is 2. The van der Waals surface area contributed by atoms with Crippen molar-refractivity contribution < 1.29 is 8.42 Å². The predicted octanol–water partition coefficient (Wildman–Crippen LogP) is 4.04. The second-order valence-corrected chi connectivity index (χ2v) is 7.00. The molecule has 0 amide bonds. The van der Waals surface area contributed by atoms with E-state index in [-0.39, 0.29) is 21.3 Å². The highest BCUT2D eigenvalue weighted by Crippen LogP contribution is 2.31. The molecule has 0 spiro atoms. The summed E-state index contributed by atoms with van der Waals surface area (Å²) in [7, 11) is -3.89. The number of nitrogens with zero attached hydrogens (tertiary/aromatic N) is 2. The molecule has 118 valence electrons. The number of sulfonamides is 1. The van der Waals surface area contributed by atoms with Crippen molar-refractivity contribution in [1.29, 1.82) is 5.26 Å². The maximum atomic E-state index is 12.5. The van der Waals surface area contributed by atoms with Crippen LogP contribution in [0.1, 0.15) is 5.56 Å². The van der Waals surface area contributed by atoms with Crippen LogP contribution in [0.3, 0.4) is 0 Å². The van der Waals surface area contributed by atoms with Crippen molar-refractivity contribution in [3.05, 3.63) is 64.6 Å². The number of benzene rings is 2. The molecule has 0 radical (unpaired) electrons. The van der Waals surface area contributed by atoms with Crippen LogP contribution in [-0.2, 0) is 10.0 Å². The van der Waals surface area contributed by atoms with Crippen molar-refractivity contribution in [3.8, 4) is 6.07 Å². The third kappa shape index (κ3) is 2.79. The van der Waals surface area contributed by atoms with E-state index in [0.29, 0.717) is 16.5 Å². The lowest BCUT2D eigenvalue weighted by molar-refractivity contribution is 0.601. The molecule has 3 rings (SSSR count). The van der Waals surface area contributed by atoms with Gasteiger partial charge < -0.3 is 4.98 Å². The molecule has 1 aromatic heterocycles. The molecule has 2 aromatic carbocycles. The molecule has 1 heterocycles. The van der Waals surface area contributed by atoms with Crippen LogP contribution < -0.4 is 4.72 Å². The van der Waals surface area contributed by atoms with Gasteiger partial charge in [-0.2, -0.15) is 5.26 Å². The van der Waals surface area contributed by atoms with Gasteiger partial charge in [0.25, 0.3) is 10.0 Å². The maximum Gasteiger partial charge on any atom is 0.260 e. The van der Waals surface area contributed by atoms with E-state index >= 15 is 0 Å². The Morgan fingerprint density at radius 2 is 2.08 bits per heavy atom. The van der Waals surface area contributed by atoms with Crippen LogP contribution in [0.2, 0.25) is 5.02 Å². The minimum absolute atomic E-state index is 0.0311. The monoisotopic (exact) mass is 356 g/mol. The third-order valence-electron chi connectivity index (χ3n) is 3.39.